The van der Waals surface area contributed by atoms with Gasteiger partial charge in [-0.15, -0.1) is 0 Å². The second-order valence-electron chi connectivity index (χ2n) is 4.41. The van der Waals surface area contributed by atoms with Crippen molar-refractivity contribution in [2.75, 3.05) is 0 Å². The Morgan fingerprint density at radius 2 is 2.06 bits per heavy atom. The molecule has 0 saturated heterocycles. The number of aromatic nitrogens is 1. The molecule has 90 valence electrons. The van der Waals surface area contributed by atoms with E-state index in [1.165, 1.54) is 5.56 Å². The lowest BCUT2D eigenvalue weighted by Gasteiger charge is -1.98. The first-order chi connectivity index (χ1) is 8.76. The van der Waals surface area contributed by atoms with E-state index in [9.17, 15) is 0 Å². The van der Waals surface area contributed by atoms with Crippen LogP contribution in [0.5, 0.6) is 0 Å². The summed E-state index contributed by atoms with van der Waals surface area (Å²) in [4.78, 5) is 4.33. The summed E-state index contributed by atoms with van der Waals surface area (Å²) < 4.78 is 5.83. The van der Waals surface area contributed by atoms with E-state index in [1.807, 2.05) is 24.3 Å². The Hall–Kier alpha value is -2.13. The topological polar surface area (TPSA) is 52.0 Å². The second-order valence-corrected chi connectivity index (χ2v) is 4.41. The Morgan fingerprint density at radius 1 is 1.17 bits per heavy atom. The highest BCUT2D eigenvalue weighted by Crippen LogP contribution is 2.27. The lowest BCUT2D eigenvalue weighted by Crippen LogP contribution is -1.96. The molecule has 2 heterocycles. The molecule has 0 radical (unpaired) electrons. The van der Waals surface area contributed by atoms with E-state index in [0.29, 0.717) is 6.54 Å². The number of nitrogens with two attached hydrogens (primary N) is 1. The molecule has 0 amide bonds. The van der Waals surface area contributed by atoms with E-state index in [4.69, 9.17) is 10.2 Å². The van der Waals surface area contributed by atoms with Gasteiger partial charge in [-0.25, -0.2) is 0 Å². The quantitative estimate of drug-likeness (QED) is 0.745. The highest BCUT2D eigenvalue weighted by atomic mass is 16.3. The fraction of sp³-hybridized carbons (Fsp3) is 0.133. The molecule has 0 bridgehead atoms. The number of hydrogen-bond donors (Lipinski definition) is 1. The van der Waals surface area contributed by atoms with Gasteiger partial charge in [0.2, 0.25) is 0 Å². The van der Waals surface area contributed by atoms with Gasteiger partial charge in [0.25, 0.3) is 0 Å². The summed E-state index contributed by atoms with van der Waals surface area (Å²) >= 11 is 0. The number of benzene rings is 1. The molecule has 3 rings (SSSR count). The molecule has 3 aromatic rings. The van der Waals surface area contributed by atoms with Crippen molar-refractivity contribution in [3.63, 3.8) is 0 Å². The molecule has 0 fully saturated rings. The Balaban J connectivity index is 2.13. The van der Waals surface area contributed by atoms with Crippen molar-refractivity contribution in [2.45, 2.75) is 13.5 Å². The van der Waals surface area contributed by atoms with Gasteiger partial charge in [0.15, 0.2) is 5.76 Å². The normalized spacial score (nSPS) is 11.0. The average molecular weight is 238 g/mol. The molecule has 2 N–H and O–H groups in total. The summed E-state index contributed by atoms with van der Waals surface area (Å²) in [7, 11) is 0. The third kappa shape index (κ3) is 1.89. The third-order valence-electron chi connectivity index (χ3n) is 2.99. The predicted molar refractivity (Wildman–Crippen MR) is 72.1 cm³/mol. The summed E-state index contributed by atoms with van der Waals surface area (Å²) in [6.07, 6.45) is 1.76. The first-order valence-corrected chi connectivity index (χ1v) is 5.92. The first-order valence-electron chi connectivity index (χ1n) is 5.92. The summed E-state index contributed by atoms with van der Waals surface area (Å²) in [5.41, 5.74) is 9.59. The first kappa shape index (κ1) is 11.0. The Labute approximate surface area is 105 Å². The van der Waals surface area contributed by atoms with Crippen LogP contribution in [0.1, 0.15) is 11.1 Å². The van der Waals surface area contributed by atoms with Crippen molar-refractivity contribution < 1.29 is 4.42 Å². The largest absolute Gasteiger partial charge is 0.454 e. The number of hydrogen-bond acceptors (Lipinski definition) is 3. The van der Waals surface area contributed by atoms with Crippen LogP contribution in [0.2, 0.25) is 0 Å². The number of rotatable bonds is 2. The SMILES string of the molecule is Cc1ccc2cc(-c3cc(CN)ccn3)oc2c1. The van der Waals surface area contributed by atoms with Gasteiger partial charge in [-0.3, -0.25) is 4.98 Å². The zero-order valence-electron chi connectivity index (χ0n) is 10.2. The highest BCUT2D eigenvalue weighted by molar-refractivity contribution is 5.82. The van der Waals surface area contributed by atoms with Crippen LogP contribution in [0, 0.1) is 6.92 Å². The second kappa shape index (κ2) is 4.27. The van der Waals surface area contributed by atoms with E-state index in [2.05, 4.69) is 24.0 Å². The van der Waals surface area contributed by atoms with Gasteiger partial charge in [-0.1, -0.05) is 12.1 Å². The minimum Gasteiger partial charge on any atom is -0.454 e. The van der Waals surface area contributed by atoms with Crippen molar-refractivity contribution >= 4 is 11.0 Å². The van der Waals surface area contributed by atoms with Gasteiger partial charge in [0.05, 0.1) is 0 Å². The lowest BCUT2D eigenvalue weighted by molar-refractivity contribution is 0.628. The van der Waals surface area contributed by atoms with E-state index in [-0.39, 0.29) is 0 Å². The van der Waals surface area contributed by atoms with Crippen LogP contribution in [-0.4, -0.2) is 4.98 Å². The minimum atomic E-state index is 0.509. The third-order valence-corrected chi connectivity index (χ3v) is 2.99. The molecular formula is C15H14N2O. The maximum Gasteiger partial charge on any atom is 0.153 e. The van der Waals surface area contributed by atoms with Crippen LogP contribution < -0.4 is 5.73 Å². The molecule has 0 aliphatic rings. The molecule has 0 atom stereocenters. The number of pyridine rings is 1. The molecule has 0 spiro atoms. The Kier molecular flexibility index (Phi) is 2.61. The molecule has 0 aliphatic heterocycles. The van der Waals surface area contributed by atoms with Crippen LogP contribution in [0.15, 0.2) is 47.0 Å². The van der Waals surface area contributed by atoms with Crippen molar-refractivity contribution in [3.05, 3.63) is 53.7 Å². The molecule has 2 aromatic heterocycles. The maximum atomic E-state index is 5.83. The summed E-state index contributed by atoms with van der Waals surface area (Å²) in [6, 6.07) is 12.1. The van der Waals surface area contributed by atoms with Gasteiger partial charge in [-0.05, 0) is 42.3 Å². The van der Waals surface area contributed by atoms with E-state index in [0.717, 1.165) is 28.0 Å². The van der Waals surface area contributed by atoms with Crippen LogP contribution in [0.25, 0.3) is 22.4 Å². The standard InChI is InChI=1S/C15H14N2O/c1-10-2-3-12-8-15(18-14(12)6-10)13-7-11(9-16)4-5-17-13/h2-8H,9,16H2,1H3. The molecule has 0 unspecified atom stereocenters. The van der Waals surface area contributed by atoms with Crippen molar-refractivity contribution in [2.24, 2.45) is 5.73 Å². The Morgan fingerprint density at radius 3 is 2.89 bits per heavy atom. The van der Waals surface area contributed by atoms with Crippen molar-refractivity contribution in [1.82, 2.24) is 4.98 Å². The fourth-order valence-corrected chi connectivity index (χ4v) is 2.00. The van der Waals surface area contributed by atoms with Gasteiger partial charge in [-0.2, -0.15) is 0 Å². The summed E-state index contributed by atoms with van der Waals surface area (Å²) in [6.45, 7) is 2.56. The van der Waals surface area contributed by atoms with E-state index < -0.39 is 0 Å². The number of fused-ring (bicyclic) bond motifs is 1. The van der Waals surface area contributed by atoms with Crippen LogP contribution in [0.3, 0.4) is 0 Å². The van der Waals surface area contributed by atoms with Gasteiger partial charge in [0.1, 0.15) is 11.3 Å². The zero-order valence-corrected chi connectivity index (χ0v) is 10.2. The van der Waals surface area contributed by atoms with E-state index >= 15 is 0 Å². The summed E-state index contributed by atoms with van der Waals surface area (Å²) in [5.74, 6) is 0.783. The smallest absolute Gasteiger partial charge is 0.153 e. The predicted octanol–water partition coefficient (Wildman–Crippen LogP) is 3.26. The number of nitrogens with zero attached hydrogens (tertiary/aromatic N) is 1. The molecule has 1 aromatic carbocycles. The van der Waals surface area contributed by atoms with Crippen molar-refractivity contribution in [1.29, 1.82) is 0 Å². The van der Waals surface area contributed by atoms with Crippen LogP contribution in [-0.2, 0) is 6.54 Å². The fourth-order valence-electron chi connectivity index (χ4n) is 2.00. The maximum absolute atomic E-state index is 5.83. The number of aryl methyl sites for hydroxylation is 1. The van der Waals surface area contributed by atoms with Gasteiger partial charge in [0, 0.05) is 18.1 Å². The van der Waals surface area contributed by atoms with Crippen LogP contribution >= 0.6 is 0 Å². The average Bonchev–Trinajstić information content (AvgIpc) is 2.81. The molecule has 3 heteroatoms. The van der Waals surface area contributed by atoms with Gasteiger partial charge < -0.3 is 10.2 Å². The zero-order chi connectivity index (χ0) is 12.5. The lowest BCUT2D eigenvalue weighted by atomic mass is 10.1. The number of furan rings is 1. The van der Waals surface area contributed by atoms with Gasteiger partial charge >= 0.3 is 0 Å². The Bertz CT molecular complexity index is 701. The van der Waals surface area contributed by atoms with Crippen molar-refractivity contribution in [3.8, 4) is 11.5 Å². The molecule has 3 nitrogen and oxygen atoms in total. The minimum absolute atomic E-state index is 0.509. The van der Waals surface area contributed by atoms with Crippen LogP contribution in [0.4, 0.5) is 0 Å². The monoisotopic (exact) mass is 238 g/mol. The molecule has 0 aliphatic carbocycles. The molecule has 0 saturated carbocycles. The summed E-state index contributed by atoms with van der Waals surface area (Å²) in [5, 5.41) is 1.09. The molecule has 18 heavy (non-hydrogen) atoms. The van der Waals surface area contributed by atoms with E-state index in [1.54, 1.807) is 6.20 Å². The highest BCUT2D eigenvalue weighted by Gasteiger charge is 2.07. The molecular weight excluding hydrogens is 224 g/mol.